The lowest BCUT2D eigenvalue weighted by Crippen LogP contribution is -2.20. The summed E-state index contributed by atoms with van der Waals surface area (Å²) in [7, 11) is 0. The molecular formula is C15H16Cl2N2O. The summed E-state index contributed by atoms with van der Waals surface area (Å²) in [5, 5.41) is 4.95. The van der Waals surface area contributed by atoms with E-state index in [1.54, 1.807) is 18.2 Å². The molecule has 3 nitrogen and oxygen atoms in total. The van der Waals surface area contributed by atoms with E-state index in [0.717, 1.165) is 11.8 Å². The fourth-order valence-electron chi connectivity index (χ4n) is 3.40. The molecule has 2 bridgehead atoms. The zero-order chi connectivity index (χ0) is 14.1. The van der Waals surface area contributed by atoms with Gasteiger partial charge in [-0.2, -0.15) is 5.10 Å². The van der Waals surface area contributed by atoms with Crippen LogP contribution in [0.5, 0.6) is 0 Å². The monoisotopic (exact) mass is 310 g/mol. The molecule has 1 aromatic carbocycles. The Morgan fingerprint density at radius 1 is 1.30 bits per heavy atom. The van der Waals surface area contributed by atoms with Crippen LogP contribution in [0.15, 0.2) is 23.3 Å². The lowest BCUT2D eigenvalue weighted by molar-refractivity contribution is 0.0955. The number of amides is 1. The number of carbonyl (C=O) groups excluding carboxylic acids is 1. The first kappa shape index (κ1) is 13.9. The highest BCUT2D eigenvalue weighted by molar-refractivity contribution is 6.36. The van der Waals surface area contributed by atoms with Crippen molar-refractivity contribution in [2.75, 3.05) is 0 Å². The lowest BCUT2D eigenvalue weighted by atomic mass is 9.90. The van der Waals surface area contributed by atoms with Crippen molar-refractivity contribution in [2.45, 2.75) is 25.7 Å². The maximum atomic E-state index is 12.0. The van der Waals surface area contributed by atoms with Crippen LogP contribution in [0, 0.1) is 17.8 Å². The van der Waals surface area contributed by atoms with Gasteiger partial charge in [-0.25, -0.2) is 5.43 Å². The van der Waals surface area contributed by atoms with Gasteiger partial charge in [0.2, 0.25) is 0 Å². The van der Waals surface area contributed by atoms with Crippen LogP contribution in [0.1, 0.15) is 36.0 Å². The maximum Gasteiger partial charge on any atom is 0.272 e. The molecule has 0 radical (unpaired) electrons. The molecule has 0 spiro atoms. The highest BCUT2D eigenvalue weighted by Crippen LogP contribution is 2.47. The molecule has 1 N–H and O–H groups in total. The summed E-state index contributed by atoms with van der Waals surface area (Å²) >= 11 is 11.8. The van der Waals surface area contributed by atoms with Gasteiger partial charge < -0.3 is 0 Å². The smallest absolute Gasteiger partial charge is 0.267 e. The highest BCUT2D eigenvalue weighted by Gasteiger charge is 2.38. The van der Waals surface area contributed by atoms with Gasteiger partial charge in [0.05, 0.1) is 10.6 Å². The maximum absolute atomic E-state index is 12.0. The molecule has 5 heteroatoms. The molecule has 1 aromatic rings. The van der Waals surface area contributed by atoms with E-state index in [1.807, 2.05) is 6.21 Å². The summed E-state index contributed by atoms with van der Waals surface area (Å²) in [6.45, 7) is 0. The average Bonchev–Trinajstić information content (AvgIpc) is 3.00. The van der Waals surface area contributed by atoms with Crippen molar-refractivity contribution in [3.05, 3.63) is 33.8 Å². The number of carbonyl (C=O) groups is 1. The lowest BCUT2D eigenvalue weighted by Gasteiger charge is -2.16. The van der Waals surface area contributed by atoms with Crippen LogP contribution in [0.25, 0.3) is 0 Å². The molecule has 0 aliphatic heterocycles. The first-order valence-electron chi connectivity index (χ1n) is 6.92. The molecule has 0 saturated heterocycles. The molecule has 0 heterocycles. The Balaban J connectivity index is 1.59. The molecular weight excluding hydrogens is 295 g/mol. The molecule has 0 unspecified atom stereocenters. The number of hydrogen-bond donors (Lipinski definition) is 1. The average molecular weight is 311 g/mol. The van der Waals surface area contributed by atoms with E-state index in [0.29, 0.717) is 21.5 Å². The summed E-state index contributed by atoms with van der Waals surface area (Å²) in [6, 6.07) is 4.80. The van der Waals surface area contributed by atoms with E-state index in [1.165, 1.54) is 25.7 Å². The molecule has 2 aliphatic rings. The van der Waals surface area contributed by atoms with Crippen LogP contribution < -0.4 is 5.43 Å². The van der Waals surface area contributed by atoms with Crippen LogP contribution in [0.2, 0.25) is 10.0 Å². The van der Waals surface area contributed by atoms with E-state index >= 15 is 0 Å². The van der Waals surface area contributed by atoms with Gasteiger partial charge in [0, 0.05) is 11.2 Å². The van der Waals surface area contributed by atoms with E-state index in [9.17, 15) is 4.79 Å². The third-order valence-corrected chi connectivity index (χ3v) is 4.95. The molecule has 20 heavy (non-hydrogen) atoms. The molecule has 3 atom stereocenters. The number of hydrazone groups is 1. The first-order valence-corrected chi connectivity index (χ1v) is 7.67. The molecule has 1 amide bonds. The Kier molecular flexibility index (Phi) is 3.99. The van der Waals surface area contributed by atoms with Crippen molar-refractivity contribution < 1.29 is 4.79 Å². The minimum absolute atomic E-state index is 0.300. The van der Waals surface area contributed by atoms with Gasteiger partial charge >= 0.3 is 0 Å². The second kappa shape index (κ2) is 5.74. The van der Waals surface area contributed by atoms with Crippen molar-refractivity contribution in [3.8, 4) is 0 Å². The summed E-state index contributed by atoms with van der Waals surface area (Å²) in [5.41, 5.74) is 2.94. The van der Waals surface area contributed by atoms with E-state index in [-0.39, 0.29) is 5.91 Å². The summed E-state index contributed by atoms with van der Waals surface area (Å²) in [5.74, 6) is 1.86. The second-order valence-corrected chi connectivity index (χ2v) is 6.53. The predicted octanol–water partition coefficient (Wildman–Crippen LogP) is 4.15. The standard InChI is InChI=1S/C15H16Cl2N2O/c16-12-3-4-13(14(17)7-12)15(20)19-18-8-11-6-9-1-2-10(11)5-9/h3-4,7-11H,1-2,5-6H2,(H,19,20)/b18-8-/t9-,10-,11+/m1/s1. The van der Waals surface area contributed by atoms with Crippen LogP contribution in [0.3, 0.4) is 0 Å². The second-order valence-electron chi connectivity index (χ2n) is 5.68. The van der Waals surface area contributed by atoms with Gasteiger partial charge in [-0.3, -0.25) is 4.79 Å². The third-order valence-electron chi connectivity index (χ3n) is 4.40. The quantitative estimate of drug-likeness (QED) is 0.661. The first-order chi connectivity index (χ1) is 9.63. The van der Waals surface area contributed by atoms with Crippen molar-refractivity contribution in [3.63, 3.8) is 0 Å². The van der Waals surface area contributed by atoms with E-state index in [2.05, 4.69) is 10.5 Å². The van der Waals surface area contributed by atoms with Gasteiger partial charge in [0.25, 0.3) is 5.91 Å². The van der Waals surface area contributed by atoms with E-state index in [4.69, 9.17) is 23.2 Å². The van der Waals surface area contributed by atoms with Gasteiger partial charge in [-0.1, -0.05) is 29.6 Å². The predicted molar refractivity (Wildman–Crippen MR) is 81.4 cm³/mol. The number of nitrogens with one attached hydrogen (secondary N) is 1. The number of fused-ring (bicyclic) bond motifs is 2. The molecule has 106 valence electrons. The summed E-state index contributed by atoms with van der Waals surface area (Å²) < 4.78 is 0. The summed E-state index contributed by atoms with van der Waals surface area (Å²) in [6.07, 6.45) is 7.10. The third kappa shape index (κ3) is 2.84. The Morgan fingerprint density at radius 3 is 2.80 bits per heavy atom. The van der Waals surface area contributed by atoms with Gasteiger partial charge in [-0.15, -0.1) is 0 Å². The van der Waals surface area contributed by atoms with Crippen molar-refractivity contribution in [1.29, 1.82) is 0 Å². The Labute approximate surface area is 128 Å². The normalized spacial score (nSPS) is 28.2. The van der Waals surface area contributed by atoms with Crippen molar-refractivity contribution >= 4 is 35.3 Å². The largest absolute Gasteiger partial charge is 0.272 e. The minimum Gasteiger partial charge on any atom is -0.267 e. The molecule has 0 aromatic heterocycles. The van der Waals surface area contributed by atoms with Crippen LogP contribution in [-0.2, 0) is 0 Å². The van der Waals surface area contributed by atoms with Crippen LogP contribution >= 0.6 is 23.2 Å². The van der Waals surface area contributed by atoms with Crippen LogP contribution in [-0.4, -0.2) is 12.1 Å². The Hall–Kier alpha value is -1.06. The number of nitrogens with zero attached hydrogens (tertiary/aromatic N) is 1. The van der Waals surface area contributed by atoms with Crippen LogP contribution in [0.4, 0.5) is 0 Å². The van der Waals surface area contributed by atoms with Gasteiger partial charge in [0.1, 0.15) is 0 Å². The fourth-order valence-corrected chi connectivity index (χ4v) is 3.90. The van der Waals surface area contributed by atoms with Crippen molar-refractivity contribution in [1.82, 2.24) is 5.43 Å². The topological polar surface area (TPSA) is 41.5 Å². The number of hydrogen-bond acceptors (Lipinski definition) is 2. The molecule has 2 saturated carbocycles. The molecule has 3 rings (SSSR count). The highest BCUT2D eigenvalue weighted by atomic mass is 35.5. The van der Waals surface area contributed by atoms with Gasteiger partial charge in [0.15, 0.2) is 0 Å². The number of rotatable bonds is 3. The zero-order valence-corrected chi connectivity index (χ0v) is 12.5. The van der Waals surface area contributed by atoms with Gasteiger partial charge in [-0.05, 0) is 55.2 Å². The summed E-state index contributed by atoms with van der Waals surface area (Å²) in [4.78, 5) is 12.0. The Bertz CT molecular complexity index is 559. The Morgan fingerprint density at radius 2 is 2.15 bits per heavy atom. The van der Waals surface area contributed by atoms with Crippen molar-refractivity contribution in [2.24, 2.45) is 22.9 Å². The SMILES string of the molecule is O=C(N/N=C\[C@@H]1C[C@@H]2CC[C@@H]1C2)c1ccc(Cl)cc1Cl. The molecule has 2 aliphatic carbocycles. The molecule has 2 fully saturated rings. The number of halogens is 2. The zero-order valence-electron chi connectivity index (χ0n) is 11.0. The number of benzene rings is 1. The fraction of sp³-hybridized carbons (Fsp3) is 0.467. The van der Waals surface area contributed by atoms with E-state index < -0.39 is 0 Å². The minimum atomic E-state index is -0.300.